The molecule has 6 heteroatoms. The first-order chi connectivity index (χ1) is 9.26. The maximum absolute atomic E-state index is 11.8. The number of anilines is 1. The Hall–Kier alpha value is -1.40. The summed E-state index contributed by atoms with van der Waals surface area (Å²) in [5.74, 6) is 0.135. The Balaban J connectivity index is 2.73. The van der Waals surface area contributed by atoms with Crippen LogP contribution in [0.15, 0.2) is 29.2 Å². The molecule has 0 saturated carbocycles. The van der Waals surface area contributed by atoms with Gasteiger partial charge in [-0.05, 0) is 36.6 Å². The Kier molecular flexibility index (Phi) is 5.71. The lowest BCUT2D eigenvalue weighted by Crippen LogP contribution is -2.36. The molecule has 112 valence electrons. The molecule has 0 bridgehead atoms. The van der Waals surface area contributed by atoms with Crippen LogP contribution in [0.2, 0.25) is 0 Å². The summed E-state index contributed by atoms with van der Waals surface area (Å²) in [6.45, 7) is 5.59. The molecule has 1 unspecified atom stereocenters. The van der Waals surface area contributed by atoms with Crippen LogP contribution < -0.4 is 11.1 Å². The number of rotatable bonds is 6. The Morgan fingerprint density at radius 1 is 1.25 bits per heavy atom. The van der Waals surface area contributed by atoms with E-state index in [-0.39, 0.29) is 16.6 Å². The minimum Gasteiger partial charge on any atom is -0.325 e. The molecule has 0 fully saturated rings. The highest BCUT2D eigenvalue weighted by Crippen LogP contribution is 2.16. The van der Waals surface area contributed by atoms with Gasteiger partial charge in [0, 0.05) is 5.69 Å². The predicted octanol–water partition coefficient (Wildman–Crippen LogP) is 1.79. The molecular weight excluding hydrogens is 276 g/mol. The molecule has 1 atom stereocenters. The second-order valence-corrected chi connectivity index (χ2v) is 7.43. The van der Waals surface area contributed by atoms with Crippen LogP contribution >= 0.6 is 0 Å². The number of hydrogen-bond donors (Lipinski definition) is 2. The molecule has 0 aliphatic carbocycles. The normalized spacial score (nSPS) is 13.2. The summed E-state index contributed by atoms with van der Waals surface area (Å²) in [7, 11) is -3.21. The van der Waals surface area contributed by atoms with Crippen LogP contribution in [0.5, 0.6) is 0 Å². The Morgan fingerprint density at radius 2 is 1.80 bits per heavy atom. The topological polar surface area (TPSA) is 89.3 Å². The van der Waals surface area contributed by atoms with Gasteiger partial charge >= 0.3 is 0 Å². The van der Waals surface area contributed by atoms with Gasteiger partial charge in [0.15, 0.2) is 9.84 Å². The molecule has 20 heavy (non-hydrogen) atoms. The molecule has 1 rings (SSSR count). The SMILES string of the molecule is CCS(=O)(=O)c1ccc(NC(=O)C(N)CC(C)C)cc1. The standard InChI is InChI=1S/C14H22N2O3S/c1-4-20(18,19)12-7-5-11(6-8-12)16-14(17)13(15)9-10(2)3/h5-8,10,13H,4,9,15H2,1-3H3,(H,16,17). The monoisotopic (exact) mass is 298 g/mol. The van der Waals surface area contributed by atoms with Gasteiger partial charge in [-0.15, -0.1) is 0 Å². The summed E-state index contributed by atoms with van der Waals surface area (Å²) in [5.41, 5.74) is 6.32. The van der Waals surface area contributed by atoms with Crippen molar-refractivity contribution >= 4 is 21.4 Å². The van der Waals surface area contributed by atoms with Gasteiger partial charge in [0.1, 0.15) is 0 Å². The average molecular weight is 298 g/mol. The van der Waals surface area contributed by atoms with Crippen molar-refractivity contribution in [2.45, 2.75) is 38.1 Å². The van der Waals surface area contributed by atoms with Crippen molar-refractivity contribution in [1.29, 1.82) is 0 Å². The summed E-state index contributed by atoms with van der Waals surface area (Å²) in [5, 5.41) is 2.68. The lowest BCUT2D eigenvalue weighted by Gasteiger charge is -2.14. The second kappa shape index (κ2) is 6.85. The van der Waals surface area contributed by atoms with Gasteiger partial charge in [-0.25, -0.2) is 8.42 Å². The third-order valence-electron chi connectivity index (χ3n) is 2.92. The van der Waals surface area contributed by atoms with Gasteiger partial charge in [0.05, 0.1) is 16.7 Å². The fourth-order valence-electron chi connectivity index (χ4n) is 1.76. The third kappa shape index (κ3) is 4.61. The van der Waals surface area contributed by atoms with E-state index in [4.69, 9.17) is 5.73 Å². The molecule has 0 aliphatic rings. The van der Waals surface area contributed by atoms with Crippen LogP contribution in [0.25, 0.3) is 0 Å². The zero-order valence-corrected chi connectivity index (χ0v) is 12.9. The van der Waals surface area contributed by atoms with Crippen molar-refractivity contribution in [1.82, 2.24) is 0 Å². The molecule has 5 nitrogen and oxygen atoms in total. The van der Waals surface area contributed by atoms with Crippen LogP contribution in [0.1, 0.15) is 27.2 Å². The fraction of sp³-hybridized carbons (Fsp3) is 0.500. The molecule has 1 aromatic rings. The number of benzene rings is 1. The van der Waals surface area contributed by atoms with Crippen LogP contribution in [0, 0.1) is 5.92 Å². The van der Waals surface area contributed by atoms with E-state index in [1.165, 1.54) is 12.1 Å². The lowest BCUT2D eigenvalue weighted by atomic mass is 10.0. The average Bonchev–Trinajstić information content (AvgIpc) is 2.38. The van der Waals surface area contributed by atoms with Crippen LogP contribution in [0.3, 0.4) is 0 Å². The Morgan fingerprint density at radius 3 is 2.25 bits per heavy atom. The van der Waals surface area contributed by atoms with Crippen molar-refractivity contribution in [2.24, 2.45) is 11.7 Å². The Bertz CT molecular complexity index is 550. The smallest absolute Gasteiger partial charge is 0.241 e. The number of amides is 1. The number of sulfone groups is 1. The quantitative estimate of drug-likeness (QED) is 0.838. The second-order valence-electron chi connectivity index (χ2n) is 5.15. The minimum absolute atomic E-state index is 0.0535. The largest absolute Gasteiger partial charge is 0.325 e. The van der Waals surface area contributed by atoms with E-state index in [0.29, 0.717) is 18.0 Å². The van der Waals surface area contributed by atoms with Gasteiger partial charge in [-0.2, -0.15) is 0 Å². The van der Waals surface area contributed by atoms with Crippen LogP contribution in [-0.4, -0.2) is 26.1 Å². The molecule has 0 saturated heterocycles. The highest BCUT2D eigenvalue weighted by molar-refractivity contribution is 7.91. The first kappa shape index (κ1) is 16.7. The fourth-order valence-corrected chi connectivity index (χ4v) is 2.65. The number of carbonyl (C=O) groups excluding carboxylic acids is 1. The minimum atomic E-state index is -3.21. The summed E-state index contributed by atoms with van der Waals surface area (Å²) >= 11 is 0. The van der Waals surface area contributed by atoms with Crippen molar-refractivity contribution in [2.75, 3.05) is 11.1 Å². The number of nitrogens with one attached hydrogen (secondary N) is 1. The molecule has 0 spiro atoms. The first-order valence-electron chi connectivity index (χ1n) is 6.65. The summed E-state index contributed by atoms with van der Waals surface area (Å²) in [4.78, 5) is 12.1. The zero-order chi connectivity index (χ0) is 15.3. The molecule has 1 aromatic carbocycles. The van der Waals surface area contributed by atoms with Crippen LogP contribution in [0.4, 0.5) is 5.69 Å². The molecule has 0 aromatic heterocycles. The van der Waals surface area contributed by atoms with Crippen molar-refractivity contribution in [3.05, 3.63) is 24.3 Å². The van der Waals surface area contributed by atoms with Gasteiger partial charge in [-0.3, -0.25) is 4.79 Å². The summed E-state index contributed by atoms with van der Waals surface area (Å²) in [6, 6.07) is 5.56. The van der Waals surface area contributed by atoms with E-state index >= 15 is 0 Å². The van der Waals surface area contributed by atoms with Gasteiger partial charge in [-0.1, -0.05) is 20.8 Å². The van der Waals surface area contributed by atoms with Crippen molar-refractivity contribution < 1.29 is 13.2 Å². The highest BCUT2D eigenvalue weighted by Gasteiger charge is 2.16. The van der Waals surface area contributed by atoms with Crippen LogP contribution in [-0.2, 0) is 14.6 Å². The van der Waals surface area contributed by atoms with E-state index in [9.17, 15) is 13.2 Å². The Labute approximate surface area is 120 Å². The van der Waals surface area contributed by atoms with Gasteiger partial charge < -0.3 is 11.1 Å². The molecular formula is C14H22N2O3S. The predicted molar refractivity (Wildman–Crippen MR) is 80.2 cm³/mol. The molecule has 0 heterocycles. The number of hydrogen-bond acceptors (Lipinski definition) is 4. The summed E-state index contributed by atoms with van der Waals surface area (Å²) < 4.78 is 23.3. The number of carbonyl (C=O) groups is 1. The third-order valence-corrected chi connectivity index (χ3v) is 4.67. The van der Waals surface area contributed by atoms with E-state index in [1.54, 1.807) is 19.1 Å². The molecule has 0 aliphatic heterocycles. The lowest BCUT2D eigenvalue weighted by molar-refractivity contribution is -0.117. The van der Waals surface area contributed by atoms with E-state index in [1.807, 2.05) is 13.8 Å². The van der Waals surface area contributed by atoms with E-state index in [0.717, 1.165) is 0 Å². The maximum Gasteiger partial charge on any atom is 0.241 e. The molecule has 3 N–H and O–H groups in total. The van der Waals surface area contributed by atoms with Gasteiger partial charge in [0.25, 0.3) is 0 Å². The van der Waals surface area contributed by atoms with E-state index < -0.39 is 15.9 Å². The van der Waals surface area contributed by atoms with Crippen molar-refractivity contribution in [3.63, 3.8) is 0 Å². The number of nitrogens with two attached hydrogens (primary N) is 1. The zero-order valence-electron chi connectivity index (χ0n) is 12.1. The maximum atomic E-state index is 11.8. The van der Waals surface area contributed by atoms with Gasteiger partial charge in [0.2, 0.25) is 5.91 Å². The summed E-state index contributed by atoms with van der Waals surface area (Å²) in [6.07, 6.45) is 0.605. The molecule has 1 amide bonds. The molecule has 0 radical (unpaired) electrons. The first-order valence-corrected chi connectivity index (χ1v) is 8.30. The van der Waals surface area contributed by atoms with Crippen molar-refractivity contribution in [3.8, 4) is 0 Å². The highest BCUT2D eigenvalue weighted by atomic mass is 32.2. The van der Waals surface area contributed by atoms with E-state index in [2.05, 4.69) is 5.32 Å².